The fourth-order valence-electron chi connectivity index (χ4n) is 2.18. The van der Waals surface area contributed by atoms with Gasteiger partial charge in [0.25, 0.3) is 11.8 Å². The fourth-order valence-corrected chi connectivity index (χ4v) is 3.21. The fraction of sp³-hybridized carbons (Fsp3) is 0.0526. The minimum atomic E-state index is -0.187. The first-order valence-corrected chi connectivity index (χ1v) is 9.66. The van der Waals surface area contributed by atoms with E-state index in [9.17, 15) is 9.59 Å². The Morgan fingerprint density at radius 1 is 0.840 bits per heavy atom. The SMILES string of the molecule is CSc1ccc(NC(=O)c2ccc(NC(=O)c3cccs3)cc2)cc1. The van der Waals surface area contributed by atoms with Gasteiger partial charge in [-0.25, -0.2) is 0 Å². The molecular weight excluding hydrogens is 352 g/mol. The predicted octanol–water partition coefficient (Wildman–Crippen LogP) is 4.97. The molecule has 25 heavy (non-hydrogen) atoms. The van der Waals surface area contributed by atoms with E-state index in [1.54, 1.807) is 42.1 Å². The number of thioether (sulfide) groups is 1. The summed E-state index contributed by atoms with van der Waals surface area (Å²) in [4.78, 5) is 26.1. The number of carbonyl (C=O) groups is 2. The Balaban J connectivity index is 1.62. The number of hydrogen-bond donors (Lipinski definition) is 2. The van der Waals surface area contributed by atoms with Crippen molar-refractivity contribution in [3.05, 3.63) is 76.5 Å². The highest BCUT2D eigenvalue weighted by Crippen LogP contribution is 2.19. The van der Waals surface area contributed by atoms with Gasteiger partial charge in [0, 0.05) is 21.8 Å². The van der Waals surface area contributed by atoms with Gasteiger partial charge in [-0.3, -0.25) is 9.59 Å². The van der Waals surface area contributed by atoms with Crippen LogP contribution in [0.3, 0.4) is 0 Å². The lowest BCUT2D eigenvalue weighted by molar-refractivity contribution is 0.102. The molecule has 0 fully saturated rings. The summed E-state index contributed by atoms with van der Waals surface area (Å²) in [5, 5.41) is 7.52. The van der Waals surface area contributed by atoms with E-state index in [-0.39, 0.29) is 11.8 Å². The van der Waals surface area contributed by atoms with Gasteiger partial charge in [-0.15, -0.1) is 23.1 Å². The molecule has 3 aromatic rings. The van der Waals surface area contributed by atoms with Crippen molar-refractivity contribution in [2.75, 3.05) is 16.9 Å². The van der Waals surface area contributed by atoms with E-state index >= 15 is 0 Å². The first-order chi connectivity index (χ1) is 12.2. The molecule has 0 aliphatic rings. The molecular formula is C19H16N2O2S2. The van der Waals surface area contributed by atoms with E-state index in [2.05, 4.69) is 10.6 Å². The van der Waals surface area contributed by atoms with Crippen molar-refractivity contribution in [2.45, 2.75) is 4.90 Å². The van der Waals surface area contributed by atoms with Gasteiger partial charge in [-0.05, 0) is 66.2 Å². The number of carbonyl (C=O) groups excluding carboxylic acids is 2. The number of thiophene rings is 1. The first-order valence-electron chi connectivity index (χ1n) is 7.56. The molecule has 0 saturated carbocycles. The monoisotopic (exact) mass is 368 g/mol. The van der Waals surface area contributed by atoms with E-state index in [1.165, 1.54) is 11.3 Å². The zero-order chi connectivity index (χ0) is 17.6. The van der Waals surface area contributed by atoms with Crippen LogP contribution in [0.15, 0.2) is 70.9 Å². The maximum absolute atomic E-state index is 12.3. The van der Waals surface area contributed by atoms with Crippen molar-refractivity contribution in [2.24, 2.45) is 0 Å². The second kappa shape index (κ2) is 8.00. The smallest absolute Gasteiger partial charge is 0.265 e. The summed E-state index contributed by atoms with van der Waals surface area (Å²) < 4.78 is 0. The molecule has 0 radical (unpaired) electrons. The molecule has 1 aromatic heterocycles. The van der Waals surface area contributed by atoms with Gasteiger partial charge in [0.2, 0.25) is 0 Å². The Bertz CT molecular complexity index is 857. The molecule has 0 aliphatic heterocycles. The van der Waals surface area contributed by atoms with Crippen molar-refractivity contribution in [1.29, 1.82) is 0 Å². The summed E-state index contributed by atoms with van der Waals surface area (Å²) in [7, 11) is 0. The zero-order valence-corrected chi connectivity index (χ0v) is 15.1. The molecule has 0 bridgehead atoms. The highest BCUT2D eigenvalue weighted by atomic mass is 32.2. The van der Waals surface area contributed by atoms with Crippen LogP contribution in [-0.2, 0) is 0 Å². The van der Waals surface area contributed by atoms with Crippen LogP contribution in [0.4, 0.5) is 11.4 Å². The van der Waals surface area contributed by atoms with Gasteiger partial charge < -0.3 is 10.6 Å². The highest BCUT2D eigenvalue weighted by molar-refractivity contribution is 7.98. The van der Waals surface area contributed by atoms with Crippen LogP contribution < -0.4 is 10.6 Å². The van der Waals surface area contributed by atoms with Crippen molar-refractivity contribution < 1.29 is 9.59 Å². The quantitative estimate of drug-likeness (QED) is 0.625. The van der Waals surface area contributed by atoms with E-state index in [4.69, 9.17) is 0 Å². The predicted molar refractivity (Wildman–Crippen MR) is 105 cm³/mol. The van der Waals surface area contributed by atoms with Crippen molar-refractivity contribution in [3.8, 4) is 0 Å². The Morgan fingerprint density at radius 3 is 2.00 bits per heavy atom. The van der Waals surface area contributed by atoms with E-state index in [0.29, 0.717) is 16.1 Å². The van der Waals surface area contributed by atoms with Crippen LogP contribution in [0, 0.1) is 0 Å². The molecule has 4 nitrogen and oxygen atoms in total. The molecule has 2 N–H and O–H groups in total. The second-order valence-electron chi connectivity index (χ2n) is 5.19. The lowest BCUT2D eigenvalue weighted by atomic mass is 10.2. The minimum absolute atomic E-state index is 0.152. The molecule has 2 amide bonds. The van der Waals surface area contributed by atoms with E-state index in [0.717, 1.165) is 10.6 Å². The van der Waals surface area contributed by atoms with Gasteiger partial charge in [0.15, 0.2) is 0 Å². The van der Waals surface area contributed by atoms with Crippen LogP contribution in [0.25, 0.3) is 0 Å². The maximum atomic E-state index is 12.3. The standard InChI is InChI=1S/C19H16N2O2S2/c1-24-16-10-8-15(9-11-16)20-18(22)13-4-6-14(7-5-13)21-19(23)17-3-2-12-25-17/h2-12H,1H3,(H,20,22)(H,21,23). The molecule has 0 spiro atoms. The second-order valence-corrected chi connectivity index (χ2v) is 7.02. The first kappa shape index (κ1) is 17.3. The molecule has 2 aromatic carbocycles. The van der Waals surface area contributed by atoms with Crippen molar-refractivity contribution in [1.82, 2.24) is 0 Å². The number of amides is 2. The summed E-state index contributed by atoms with van der Waals surface area (Å²) in [5.41, 5.74) is 1.93. The molecule has 0 atom stereocenters. The molecule has 6 heteroatoms. The summed E-state index contributed by atoms with van der Waals surface area (Å²) in [6, 6.07) is 18.1. The van der Waals surface area contributed by atoms with Gasteiger partial charge in [-0.2, -0.15) is 0 Å². The topological polar surface area (TPSA) is 58.2 Å². The third-order valence-electron chi connectivity index (χ3n) is 3.50. The highest BCUT2D eigenvalue weighted by Gasteiger charge is 2.09. The average molecular weight is 368 g/mol. The third kappa shape index (κ3) is 4.49. The van der Waals surface area contributed by atoms with E-state index in [1.807, 2.05) is 42.0 Å². The maximum Gasteiger partial charge on any atom is 0.265 e. The van der Waals surface area contributed by atoms with Crippen molar-refractivity contribution >= 4 is 46.3 Å². The summed E-state index contributed by atoms with van der Waals surface area (Å²) in [6.07, 6.45) is 2.01. The minimum Gasteiger partial charge on any atom is -0.322 e. The number of rotatable bonds is 5. The summed E-state index contributed by atoms with van der Waals surface area (Å²) >= 11 is 3.04. The van der Waals surface area contributed by atoms with Crippen molar-refractivity contribution in [3.63, 3.8) is 0 Å². The number of nitrogens with one attached hydrogen (secondary N) is 2. The van der Waals surface area contributed by atoms with Gasteiger partial charge >= 0.3 is 0 Å². The molecule has 1 heterocycles. The summed E-state index contributed by atoms with van der Waals surface area (Å²) in [5.74, 6) is -0.339. The largest absolute Gasteiger partial charge is 0.322 e. The number of anilines is 2. The summed E-state index contributed by atoms with van der Waals surface area (Å²) in [6.45, 7) is 0. The van der Waals surface area contributed by atoms with Gasteiger partial charge in [0.05, 0.1) is 4.88 Å². The number of hydrogen-bond acceptors (Lipinski definition) is 4. The van der Waals surface area contributed by atoms with Crippen LogP contribution in [0.1, 0.15) is 20.0 Å². The average Bonchev–Trinajstić information content (AvgIpc) is 3.18. The molecule has 0 unspecified atom stereocenters. The van der Waals surface area contributed by atoms with Crippen LogP contribution in [0.5, 0.6) is 0 Å². The molecule has 0 saturated heterocycles. The van der Waals surface area contributed by atoms with E-state index < -0.39 is 0 Å². The van der Waals surface area contributed by atoms with Crippen LogP contribution in [0.2, 0.25) is 0 Å². The Kier molecular flexibility index (Phi) is 5.53. The van der Waals surface area contributed by atoms with Crippen LogP contribution >= 0.6 is 23.1 Å². The van der Waals surface area contributed by atoms with Crippen LogP contribution in [-0.4, -0.2) is 18.1 Å². The molecule has 0 aliphatic carbocycles. The Hall–Kier alpha value is -2.57. The van der Waals surface area contributed by atoms with Gasteiger partial charge in [0.1, 0.15) is 0 Å². The van der Waals surface area contributed by atoms with Gasteiger partial charge in [-0.1, -0.05) is 6.07 Å². The zero-order valence-electron chi connectivity index (χ0n) is 13.5. The Morgan fingerprint density at radius 2 is 1.44 bits per heavy atom. The lowest BCUT2D eigenvalue weighted by Gasteiger charge is -2.07. The Labute approximate surface area is 154 Å². The lowest BCUT2D eigenvalue weighted by Crippen LogP contribution is -2.13. The number of benzene rings is 2. The third-order valence-corrected chi connectivity index (χ3v) is 5.11. The molecule has 3 rings (SSSR count). The normalized spacial score (nSPS) is 10.3. The molecule has 126 valence electrons.